The van der Waals surface area contributed by atoms with Crippen LogP contribution in [0.25, 0.3) is 0 Å². The fourth-order valence-corrected chi connectivity index (χ4v) is 1.56. The first-order valence-corrected chi connectivity index (χ1v) is 5.37. The molecule has 0 atom stereocenters. The number of rotatable bonds is 2. The highest BCUT2D eigenvalue weighted by molar-refractivity contribution is 5.89. The molecule has 1 heterocycles. The van der Waals surface area contributed by atoms with Crippen molar-refractivity contribution in [3.05, 3.63) is 29.1 Å². The lowest BCUT2D eigenvalue weighted by Gasteiger charge is -2.19. The van der Waals surface area contributed by atoms with Gasteiger partial charge < -0.3 is 4.74 Å². The molecule has 1 aromatic rings. The lowest BCUT2D eigenvalue weighted by Crippen LogP contribution is -2.12. The summed E-state index contributed by atoms with van der Waals surface area (Å²) in [6.45, 7) is 8.45. The van der Waals surface area contributed by atoms with E-state index in [4.69, 9.17) is 0 Å². The molecule has 0 saturated carbocycles. The van der Waals surface area contributed by atoms with Gasteiger partial charge in [-0.2, -0.15) is 0 Å². The Morgan fingerprint density at radius 1 is 1.44 bits per heavy atom. The minimum Gasteiger partial charge on any atom is -0.465 e. The molecule has 0 radical (unpaired) electrons. The monoisotopic (exact) mass is 221 g/mol. The maximum atomic E-state index is 11.4. The molecule has 16 heavy (non-hydrogen) atoms. The van der Waals surface area contributed by atoms with E-state index >= 15 is 0 Å². The third kappa shape index (κ3) is 3.33. The standard InChI is InChI=1S/C13H19NO2/c1-9-10(7-13(2,3)4)6-11(8-14-9)12(15)16-5/h6,8H,7H2,1-5H3. The number of aromatic nitrogens is 1. The molecule has 3 nitrogen and oxygen atoms in total. The van der Waals surface area contributed by atoms with Crippen LogP contribution in [0.15, 0.2) is 12.3 Å². The zero-order valence-corrected chi connectivity index (χ0v) is 10.6. The van der Waals surface area contributed by atoms with Gasteiger partial charge >= 0.3 is 5.97 Å². The highest BCUT2D eigenvalue weighted by atomic mass is 16.5. The van der Waals surface area contributed by atoms with Crippen molar-refractivity contribution in [1.29, 1.82) is 0 Å². The fraction of sp³-hybridized carbons (Fsp3) is 0.538. The highest BCUT2D eigenvalue weighted by Crippen LogP contribution is 2.22. The van der Waals surface area contributed by atoms with Crippen LogP contribution in [0, 0.1) is 12.3 Å². The van der Waals surface area contributed by atoms with Crippen molar-refractivity contribution in [3.63, 3.8) is 0 Å². The van der Waals surface area contributed by atoms with E-state index in [1.54, 1.807) is 6.20 Å². The molecule has 0 unspecified atom stereocenters. The first-order valence-electron chi connectivity index (χ1n) is 5.37. The first-order chi connectivity index (χ1) is 7.33. The second-order valence-electron chi connectivity index (χ2n) is 5.20. The van der Waals surface area contributed by atoms with Crippen molar-refractivity contribution in [1.82, 2.24) is 4.98 Å². The number of methoxy groups -OCH3 is 1. The van der Waals surface area contributed by atoms with E-state index in [-0.39, 0.29) is 11.4 Å². The van der Waals surface area contributed by atoms with Gasteiger partial charge in [0.15, 0.2) is 0 Å². The molecule has 0 bridgehead atoms. The van der Waals surface area contributed by atoms with Crippen molar-refractivity contribution in [2.75, 3.05) is 7.11 Å². The van der Waals surface area contributed by atoms with Gasteiger partial charge in [0.2, 0.25) is 0 Å². The van der Waals surface area contributed by atoms with E-state index in [1.165, 1.54) is 7.11 Å². The van der Waals surface area contributed by atoms with Crippen molar-refractivity contribution in [2.45, 2.75) is 34.1 Å². The molecule has 1 aromatic heterocycles. The van der Waals surface area contributed by atoms with Gasteiger partial charge in [-0.25, -0.2) is 4.79 Å². The quantitative estimate of drug-likeness (QED) is 0.721. The molecule has 0 aromatic carbocycles. The average molecular weight is 221 g/mol. The summed E-state index contributed by atoms with van der Waals surface area (Å²) in [7, 11) is 1.38. The zero-order valence-electron chi connectivity index (χ0n) is 10.6. The van der Waals surface area contributed by atoms with Crippen LogP contribution in [0.1, 0.15) is 42.4 Å². The normalized spacial score (nSPS) is 11.3. The number of carbonyl (C=O) groups is 1. The number of carbonyl (C=O) groups excluding carboxylic acids is 1. The Hall–Kier alpha value is -1.38. The Labute approximate surface area is 96.8 Å². The van der Waals surface area contributed by atoms with Crippen molar-refractivity contribution in [2.24, 2.45) is 5.41 Å². The third-order valence-electron chi connectivity index (χ3n) is 2.33. The second kappa shape index (κ2) is 4.64. The van der Waals surface area contributed by atoms with Gasteiger partial charge in [0, 0.05) is 11.9 Å². The van der Waals surface area contributed by atoms with Crippen LogP contribution in [-0.4, -0.2) is 18.1 Å². The van der Waals surface area contributed by atoms with Gasteiger partial charge in [0.25, 0.3) is 0 Å². The molecule has 0 saturated heterocycles. The molecule has 0 aliphatic rings. The Kier molecular flexibility index (Phi) is 3.68. The van der Waals surface area contributed by atoms with E-state index < -0.39 is 0 Å². The first kappa shape index (κ1) is 12.7. The fourth-order valence-electron chi connectivity index (χ4n) is 1.56. The molecule has 0 aliphatic heterocycles. The van der Waals surface area contributed by atoms with Gasteiger partial charge in [-0.3, -0.25) is 4.98 Å². The molecular formula is C13H19NO2. The molecule has 0 aliphatic carbocycles. The van der Waals surface area contributed by atoms with Gasteiger partial charge in [-0.05, 0) is 30.4 Å². The zero-order chi connectivity index (χ0) is 12.3. The van der Waals surface area contributed by atoms with E-state index in [0.29, 0.717) is 5.56 Å². The van der Waals surface area contributed by atoms with Gasteiger partial charge in [-0.1, -0.05) is 20.8 Å². The number of pyridine rings is 1. The van der Waals surface area contributed by atoms with Crippen LogP contribution in [-0.2, 0) is 11.2 Å². The lowest BCUT2D eigenvalue weighted by atomic mass is 9.87. The number of nitrogens with zero attached hydrogens (tertiary/aromatic N) is 1. The minimum atomic E-state index is -0.331. The molecule has 3 heteroatoms. The molecule has 0 N–H and O–H groups in total. The Morgan fingerprint density at radius 3 is 2.56 bits per heavy atom. The van der Waals surface area contributed by atoms with Crippen LogP contribution in [0.5, 0.6) is 0 Å². The van der Waals surface area contributed by atoms with Crippen LogP contribution in [0.3, 0.4) is 0 Å². The maximum Gasteiger partial charge on any atom is 0.339 e. The Bertz CT molecular complexity index is 391. The molecule has 88 valence electrons. The van der Waals surface area contributed by atoms with Gasteiger partial charge in [0.05, 0.1) is 12.7 Å². The minimum absolute atomic E-state index is 0.182. The topological polar surface area (TPSA) is 39.2 Å². The number of esters is 1. The molecular weight excluding hydrogens is 202 g/mol. The third-order valence-corrected chi connectivity index (χ3v) is 2.33. The summed E-state index contributed by atoms with van der Waals surface area (Å²) in [5.41, 5.74) is 2.78. The summed E-state index contributed by atoms with van der Waals surface area (Å²) in [6.07, 6.45) is 2.46. The SMILES string of the molecule is COC(=O)c1cnc(C)c(CC(C)(C)C)c1. The molecule has 0 amide bonds. The van der Waals surface area contributed by atoms with Crippen LogP contribution < -0.4 is 0 Å². The number of ether oxygens (including phenoxy) is 1. The lowest BCUT2D eigenvalue weighted by molar-refractivity contribution is 0.0600. The van der Waals surface area contributed by atoms with Crippen molar-refractivity contribution in [3.8, 4) is 0 Å². The van der Waals surface area contributed by atoms with E-state index in [2.05, 4.69) is 30.5 Å². The molecule has 1 rings (SSSR count). The van der Waals surface area contributed by atoms with Crippen molar-refractivity contribution >= 4 is 5.97 Å². The summed E-state index contributed by atoms with van der Waals surface area (Å²) < 4.78 is 4.68. The van der Waals surface area contributed by atoms with Gasteiger partial charge in [0.1, 0.15) is 0 Å². The van der Waals surface area contributed by atoms with E-state index in [1.807, 2.05) is 13.0 Å². The smallest absolute Gasteiger partial charge is 0.339 e. The van der Waals surface area contributed by atoms with Crippen LogP contribution >= 0.6 is 0 Å². The molecule has 0 spiro atoms. The molecule has 0 fully saturated rings. The largest absolute Gasteiger partial charge is 0.465 e. The summed E-state index contributed by atoms with van der Waals surface area (Å²) in [5.74, 6) is -0.331. The Morgan fingerprint density at radius 2 is 2.06 bits per heavy atom. The predicted octanol–water partition coefficient (Wildman–Crippen LogP) is 2.77. The predicted molar refractivity (Wildman–Crippen MR) is 63.5 cm³/mol. The average Bonchev–Trinajstić information content (AvgIpc) is 2.18. The number of hydrogen-bond donors (Lipinski definition) is 0. The number of aryl methyl sites for hydroxylation is 1. The maximum absolute atomic E-state index is 11.4. The van der Waals surface area contributed by atoms with E-state index in [0.717, 1.165) is 17.7 Å². The van der Waals surface area contributed by atoms with Gasteiger partial charge in [-0.15, -0.1) is 0 Å². The van der Waals surface area contributed by atoms with E-state index in [9.17, 15) is 4.79 Å². The summed E-state index contributed by atoms with van der Waals surface area (Å²) in [6, 6.07) is 1.87. The van der Waals surface area contributed by atoms with Crippen LogP contribution in [0.2, 0.25) is 0 Å². The summed E-state index contributed by atoms with van der Waals surface area (Å²) >= 11 is 0. The highest BCUT2D eigenvalue weighted by Gasteiger charge is 2.15. The number of hydrogen-bond acceptors (Lipinski definition) is 3. The Balaban J connectivity index is 3.04. The van der Waals surface area contributed by atoms with Crippen LogP contribution in [0.4, 0.5) is 0 Å². The summed E-state index contributed by atoms with van der Waals surface area (Å²) in [5, 5.41) is 0. The second-order valence-corrected chi connectivity index (χ2v) is 5.20. The summed E-state index contributed by atoms with van der Waals surface area (Å²) in [4.78, 5) is 15.6. The van der Waals surface area contributed by atoms with Crippen molar-refractivity contribution < 1.29 is 9.53 Å².